The van der Waals surface area contributed by atoms with Crippen LogP contribution in [0.25, 0.3) is 11.3 Å². The molecule has 1 amide bonds. The Balaban J connectivity index is 2.31. The first-order valence-electron chi connectivity index (χ1n) is 11.6. The molecule has 34 heavy (non-hydrogen) atoms. The molecule has 8 nitrogen and oxygen atoms in total. The van der Waals surface area contributed by atoms with Crippen LogP contribution in [0.2, 0.25) is 0 Å². The zero-order chi connectivity index (χ0) is 25.3. The van der Waals surface area contributed by atoms with Crippen LogP contribution >= 0.6 is 0 Å². The van der Waals surface area contributed by atoms with E-state index in [1.807, 2.05) is 45.2 Å². The Morgan fingerprint density at radius 1 is 1.12 bits per heavy atom. The van der Waals surface area contributed by atoms with Gasteiger partial charge in [-0.1, -0.05) is 51.5 Å². The van der Waals surface area contributed by atoms with Gasteiger partial charge in [-0.15, -0.1) is 0 Å². The van der Waals surface area contributed by atoms with Crippen LogP contribution in [0.4, 0.5) is 0 Å². The fourth-order valence-corrected chi connectivity index (χ4v) is 3.94. The second kappa shape index (κ2) is 13.0. The maximum absolute atomic E-state index is 11.1. The summed E-state index contributed by atoms with van der Waals surface area (Å²) in [5, 5.41) is 29.3. The van der Waals surface area contributed by atoms with Gasteiger partial charge in [0.05, 0.1) is 5.56 Å². The number of amides is 1. The maximum Gasteiger partial charge on any atom is 0.243 e. The maximum atomic E-state index is 11.1. The Bertz CT molecular complexity index is 987. The summed E-state index contributed by atoms with van der Waals surface area (Å²) in [4.78, 5) is 18.6. The first-order valence-corrected chi connectivity index (χ1v) is 11.6. The fraction of sp³-hybridized carbons (Fsp3) is 0.423. The number of nitrogens with one attached hydrogen (secondary N) is 1. The Labute approximate surface area is 201 Å². The second-order valence-corrected chi connectivity index (χ2v) is 8.83. The van der Waals surface area contributed by atoms with Gasteiger partial charge in [0.1, 0.15) is 11.5 Å². The normalized spacial score (nSPS) is 12.1. The van der Waals surface area contributed by atoms with E-state index in [0.29, 0.717) is 36.3 Å². The molecule has 6 N–H and O–H groups in total. The van der Waals surface area contributed by atoms with Crippen LogP contribution in [0.5, 0.6) is 11.5 Å². The van der Waals surface area contributed by atoms with Gasteiger partial charge in [0, 0.05) is 24.6 Å². The number of hydroxylamine groups is 1. The number of carbonyl (C=O) groups excluding carboxylic acids is 1. The highest BCUT2D eigenvalue weighted by molar-refractivity contribution is 5.89. The van der Waals surface area contributed by atoms with Gasteiger partial charge < -0.3 is 20.0 Å². The summed E-state index contributed by atoms with van der Waals surface area (Å²) < 4.78 is 0. The average Bonchev–Trinajstić information content (AvgIpc) is 2.80. The smallest absolute Gasteiger partial charge is 0.243 e. The van der Waals surface area contributed by atoms with E-state index in [2.05, 4.69) is 11.8 Å². The number of nitrogens with zero attached hydrogens (tertiary/aromatic N) is 1. The molecule has 0 unspecified atom stereocenters. The van der Waals surface area contributed by atoms with Gasteiger partial charge in [0.15, 0.2) is 5.76 Å². The SMILES string of the molecule is CCC/C(=C(\ON)c1cc(C(C)C)c(O)cc1O)c1ccc(CN(C)CCCC(=O)NO)cc1. The monoisotopic (exact) mass is 471 g/mol. The zero-order valence-corrected chi connectivity index (χ0v) is 20.5. The molecule has 2 aromatic carbocycles. The quantitative estimate of drug-likeness (QED) is 0.133. The summed E-state index contributed by atoms with van der Waals surface area (Å²) in [5.41, 5.74) is 5.71. The van der Waals surface area contributed by atoms with Gasteiger partial charge in [-0.25, -0.2) is 5.48 Å². The molecule has 0 radical (unpaired) electrons. The molecule has 2 aromatic rings. The van der Waals surface area contributed by atoms with Crippen LogP contribution in [0.1, 0.15) is 74.6 Å². The van der Waals surface area contributed by atoms with Gasteiger partial charge in [0.25, 0.3) is 0 Å². The van der Waals surface area contributed by atoms with Crippen LogP contribution in [0, 0.1) is 0 Å². The Kier molecular flexibility index (Phi) is 10.4. The average molecular weight is 472 g/mol. The highest BCUT2D eigenvalue weighted by atomic mass is 16.6. The van der Waals surface area contributed by atoms with E-state index in [1.165, 1.54) is 6.07 Å². The molecule has 0 aliphatic rings. The summed E-state index contributed by atoms with van der Waals surface area (Å²) in [6.07, 6.45) is 2.46. The van der Waals surface area contributed by atoms with Crippen molar-refractivity contribution < 1.29 is 25.1 Å². The summed E-state index contributed by atoms with van der Waals surface area (Å²) in [5.74, 6) is 5.70. The molecule has 0 saturated heterocycles. The summed E-state index contributed by atoms with van der Waals surface area (Å²) in [6, 6.07) is 11.1. The Morgan fingerprint density at radius 3 is 2.35 bits per heavy atom. The largest absolute Gasteiger partial charge is 0.508 e. The molecule has 0 bridgehead atoms. The van der Waals surface area contributed by atoms with Gasteiger partial charge >= 0.3 is 0 Å². The number of aromatic hydroxyl groups is 2. The number of phenols is 2. The van der Waals surface area contributed by atoms with E-state index >= 15 is 0 Å². The van der Waals surface area contributed by atoms with Crippen molar-refractivity contribution in [2.75, 3.05) is 13.6 Å². The van der Waals surface area contributed by atoms with Crippen LogP contribution in [0.15, 0.2) is 36.4 Å². The predicted molar refractivity (Wildman–Crippen MR) is 133 cm³/mol. The number of carbonyl (C=O) groups is 1. The Morgan fingerprint density at radius 2 is 1.79 bits per heavy atom. The standard InChI is InChI=1S/C26H37N3O5/c1-5-7-20(26(34-27)22-14-21(17(2)3)23(30)15-24(22)31)19-11-9-18(10-12-19)16-29(4)13-6-8-25(32)28-33/h9-12,14-15,17,30-31,33H,5-8,13,16,27H2,1-4H3,(H,28,32)/b26-20+. The summed E-state index contributed by atoms with van der Waals surface area (Å²) >= 11 is 0. The van der Waals surface area contributed by atoms with E-state index in [9.17, 15) is 15.0 Å². The first-order chi connectivity index (χ1) is 16.2. The molecule has 8 heteroatoms. The van der Waals surface area contributed by atoms with E-state index in [1.54, 1.807) is 11.5 Å². The van der Waals surface area contributed by atoms with E-state index < -0.39 is 0 Å². The predicted octanol–water partition coefficient (Wildman–Crippen LogP) is 4.50. The van der Waals surface area contributed by atoms with Gasteiger partial charge in [0.2, 0.25) is 5.91 Å². The number of hydrogen-bond acceptors (Lipinski definition) is 7. The van der Waals surface area contributed by atoms with Gasteiger partial charge in [-0.3, -0.25) is 10.0 Å². The number of benzene rings is 2. The number of rotatable bonds is 12. The lowest BCUT2D eigenvalue weighted by molar-refractivity contribution is -0.129. The minimum Gasteiger partial charge on any atom is -0.508 e. The van der Waals surface area contributed by atoms with Crippen LogP contribution < -0.4 is 11.4 Å². The number of nitrogens with two attached hydrogens (primary N) is 1. The van der Waals surface area contributed by atoms with Crippen molar-refractivity contribution in [2.24, 2.45) is 5.90 Å². The van der Waals surface area contributed by atoms with Crippen molar-refractivity contribution >= 4 is 17.2 Å². The van der Waals surface area contributed by atoms with E-state index in [4.69, 9.17) is 15.9 Å². The lowest BCUT2D eigenvalue weighted by Gasteiger charge is -2.19. The van der Waals surface area contributed by atoms with E-state index in [-0.39, 0.29) is 29.7 Å². The van der Waals surface area contributed by atoms with Crippen LogP contribution in [-0.4, -0.2) is 39.8 Å². The number of phenolic OH excluding ortho intramolecular Hbond substituents is 2. The molecular weight excluding hydrogens is 434 g/mol. The van der Waals surface area contributed by atoms with Crippen molar-refractivity contribution in [1.82, 2.24) is 10.4 Å². The topological polar surface area (TPSA) is 128 Å². The lowest BCUT2D eigenvalue weighted by atomic mass is 9.93. The van der Waals surface area contributed by atoms with Gasteiger partial charge in [-0.2, -0.15) is 5.90 Å². The fourth-order valence-electron chi connectivity index (χ4n) is 3.94. The molecule has 0 fully saturated rings. The summed E-state index contributed by atoms with van der Waals surface area (Å²) in [6.45, 7) is 7.42. The third-order valence-corrected chi connectivity index (χ3v) is 5.73. The summed E-state index contributed by atoms with van der Waals surface area (Å²) in [7, 11) is 1.98. The molecule has 0 aliphatic heterocycles. The highest BCUT2D eigenvalue weighted by Gasteiger charge is 2.20. The van der Waals surface area contributed by atoms with Crippen molar-refractivity contribution in [2.45, 2.75) is 58.9 Å². The van der Waals surface area contributed by atoms with Crippen molar-refractivity contribution in [3.8, 4) is 11.5 Å². The van der Waals surface area contributed by atoms with Crippen molar-refractivity contribution in [1.29, 1.82) is 0 Å². The molecule has 0 aliphatic carbocycles. The first kappa shape index (κ1) is 27.2. The van der Waals surface area contributed by atoms with E-state index in [0.717, 1.165) is 29.7 Å². The van der Waals surface area contributed by atoms with Crippen molar-refractivity contribution in [3.63, 3.8) is 0 Å². The van der Waals surface area contributed by atoms with Crippen molar-refractivity contribution in [3.05, 3.63) is 58.7 Å². The molecule has 186 valence electrons. The molecule has 0 saturated carbocycles. The highest BCUT2D eigenvalue weighted by Crippen LogP contribution is 2.39. The molecular formula is C26H37N3O5. The molecule has 0 atom stereocenters. The molecule has 0 aromatic heterocycles. The minimum absolute atomic E-state index is 0.0372. The molecule has 0 spiro atoms. The third-order valence-electron chi connectivity index (χ3n) is 5.73. The Hall–Kier alpha value is -3.07. The molecule has 2 rings (SSSR count). The van der Waals surface area contributed by atoms with Crippen LogP contribution in [-0.2, 0) is 16.2 Å². The number of allylic oxidation sites excluding steroid dienone is 1. The lowest BCUT2D eigenvalue weighted by Crippen LogP contribution is -2.23. The zero-order valence-electron chi connectivity index (χ0n) is 20.5. The minimum atomic E-state index is -0.383. The second-order valence-electron chi connectivity index (χ2n) is 8.83. The van der Waals surface area contributed by atoms with Crippen LogP contribution in [0.3, 0.4) is 0 Å². The molecule has 0 heterocycles. The third kappa shape index (κ3) is 7.21. The van der Waals surface area contributed by atoms with Gasteiger partial charge in [-0.05, 0) is 55.1 Å². The number of hydrogen-bond donors (Lipinski definition) is 5.